The van der Waals surface area contributed by atoms with Crippen molar-refractivity contribution in [1.29, 1.82) is 0 Å². The van der Waals surface area contributed by atoms with Gasteiger partial charge in [0.25, 0.3) is 0 Å². The zero-order valence-corrected chi connectivity index (χ0v) is 15.3. The molecule has 0 aromatic carbocycles. The van der Waals surface area contributed by atoms with E-state index >= 15 is 0 Å². The lowest BCUT2D eigenvalue weighted by Crippen LogP contribution is -2.22. The van der Waals surface area contributed by atoms with Gasteiger partial charge in [0.1, 0.15) is 12.4 Å². The molecule has 5 nitrogen and oxygen atoms in total. The largest absolute Gasteiger partial charge is 0.364 e. The number of rotatable bonds is 6. The van der Waals surface area contributed by atoms with Gasteiger partial charge < -0.3 is 19.1 Å². The lowest BCUT2D eigenvalue weighted by Gasteiger charge is -2.15. The Morgan fingerprint density at radius 1 is 1.33 bits per heavy atom. The number of ether oxygens (including phenoxy) is 1. The molecule has 0 spiro atoms. The molecule has 0 fully saturated rings. The van der Waals surface area contributed by atoms with Crippen molar-refractivity contribution in [1.82, 2.24) is 14.5 Å². The first-order valence-electron chi connectivity index (χ1n) is 8.06. The predicted octanol–water partition coefficient (Wildman–Crippen LogP) is 4.89. The number of aromatic nitrogens is 3. The first-order valence-corrected chi connectivity index (χ1v) is 11.8. The third kappa shape index (κ3) is 3.58. The Balaban J connectivity index is 1.80. The van der Waals surface area contributed by atoms with Crippen LogP contribution < -0.4 is 0 Å². The number of nitrogens with zero attached hydrogens (tertiary/aromatic N) is 3. The summed E-state index contributed by atoms with van der Waals surface area (Å²) >= 11 is 0. The van der Waals surface area contributed by atoms with Gasteiger partial charge in [-0.3, -0.25) is 0 Å². The fourth-order valence-corrected chi connectivity index (χ4v) is 3.35. The smallest absolute Gasteiger partial charge is 0.228 e. The Labute approximate surface area is 143 Å². The third-order valence-corrected chi connectivity index (χ3v) is 5.69. The van der Waals surface area contributed by atoms with E-state index in [1.165, 1.54) is 0 Å². The van der Waals surface area contributed by atoms with Crippen molar-refractivity contribution in [3.63, 3.8) is 0 Å². The highest BCUT2D eigenvalue weighted by Crippen LogP contribution is 2.30. The van der Waals surface area contributed by atoms with Gasteiger partial charge >= 0.3 is 0 Å². The van der Waals surface area contributed by atoms with Gasteiger partial charge in [-0.2, -0.15) is 0 Å². The molecule has 0 amide bonds. The van der Waals surface area contributed by atoms with Gasteiger partial charge in [-0.1, -0.05) is 26.2 Å². The van der Waals surface area contributed by atoms with Gasteiger partial charge in [0.2, 0.25) is 5.82 Å². The van der Waals surface area contributed by atoms with E-state index in [1.54, 1.807) is 6.20 Å². The van der Waals surface area contributed by atoms with Crippen molar-refractivity contribution in [2.75, 3.05) is 6.61 Å². The molecule has 3 heterocycles. The van der Waals surface area contributed by atoms with E-state index in [1.807, 2.05) is 29.1 Å². The van der Waals surface area contributed by atoms with Crippen molar-refractivity contribution >= 4 is 24.9 Å². The van der Waals surface area contributed by atoms with Crippen LogP contribution in [0.2, 0.25) is 25.7 Å². The van der Waals surface area contributed by atoms with Crippen molar-refractivity contribution in [2.24, 2.45) is 0 Å². The first-order chi connectivity index (χ1) is 11.5. The topological polar surface area (TPSA) is 47.2 Å². The highest BCUT2D eigenvalue weighted by molar-refractivity contribution is 6.76. The molecule has 0 saturated heterocycles. The molecule has 0 atom stereocenters. The molecule has 0 bridgehead atoms. The number of aromatic amines is 1. The summed E-state index contributed by atoms with van der Waals surface area (Å²) in [5, 5.41) is 1.07. The molecule has 0 aliphatic heterocycles. The minimum atomic E-state index is -1.06. The van der Waals surface area contributed by atoms with Crippen LogP contribution in [-0.4, -0.2) is 29.2 Å². The van der Waals surface area contributed by atoms with Crippen LogP contribution in [0.1, 0.15) is 0 Å². The lowest BCUT2D eigenvalue weighted by atomic mass is 10.1. The molecular formula is C18H22N4OSi. The van der Waals surface area contributed by atoms with Gasteiger partial charge in [-0.25, -0.2) is 4.98 Å². The fourth-order valence-electron chi connectivity index (χ4n) is 2.59. The van der Waals surface area contributed by atoms with E-state index in [-0.39, 0.29) is 0 Å². The quantitative estimate of drug-likeness (QED) is 0.395. The Hall–Kier alpha value is -2.36. The SMILES string of the molecule is [C-]#[N+]c1cc(-c2ccnc3c2ccn3COCC[Si](C)(C)C)c[nH]1. The van der Waals surface area contributed by atoms with Crippen LogP contribution in [0.3, 0.4) is 0 Å². The number of hydrogen-bond donors (Lipinski definition) is 1. The average molecular weight is 338 g/mol. The summed E-state index contributed by atoms with van der Waals surface area (Å²) in [5.74, 6) is 0.545. The standard InChI is InChI=1S/C18H22N4OSi/c1-19-17-11-14(12-21-17)15-5-7-20-18-16(15)6-8-22(18)13-23-9-10-24(2,3)4/h5-8,11-12,21H,9-10,13H2,2-4H3. The Morgan fingerprint density at radius 3 is 2.88 bits per heavy atom. The second kappa shape index (κ2) is 6.63. The molecule has 0 radical (unpaired) electrons. The highest BCUT2D eigenvalue weighted by Gasteiger charge is 2.13. The molecule has 6 heteroatoms. The maximum absolute atomic E-state index is 7.09. The molecule has 3 rings (SSSR count). The summed E-state index contributed by atoms with van der Waals surface area (Å²) in [6.45, 7) is 15.5. The summed E-state index contributed by atoms with van der Waals surface area (Å²) in [6.07, 6.45) is 5.68. The molecule has 0 unspecified atom stereocenters. The van der Waals surface area contributed by atoms with Gasteiger partial charge in [0, 0.05) is 38.0 Å². The first kappa shape index (κ1) is 16.5. The fraction of sp³-hybridized carbons (Fsp3) is 0.333. The van der Waals surface area contributed by atoms with E-state index in [0.717, 1.165) is 34.8 Å². The molecule has 24 heavy (non-hydrogen) atoms. The summed E-state index contributed by atoms with van der Waals surface area (Å²) < 4.78 is 7.87. The zero-order chi connectivity index (χ0) is 17.2. The molecule has 0 aliphatic rings. The molecular weight excluding hydrogens is 316 g/mol. The van der Waals surface area contributed by atoms with E-state index < -0.39 is 8.07 Å². The van der Waals surface area contributed by atoms with Gasteiger partial charge in [0.15, 0.2) is 0 Å². The van der Waals surface area contributed by atoms with Gasteiger partial charge in [-0.15, -0.1) is 0 Å². The third-order valence-electron chi connectivity index (χ3n) is 3.99. The normalized spacial score (nSPS) is 11.8. The monoisotopic (exact) mass is 338 g/mol. The van der Waals surface area contributed by atoms with Crippen molar-refractivity contribution in [3.8, 4) is 11.1 Å². The summed E-state index contributed by atoms with van der Waals surface area (Å²) in [7, 11) is -1.06. The van der Waals surface area contributed by atoms with Crippen LogP contribution >= 0.6 is 0 Å². The number of nitrogens with one attached hydrogen (secondary N) is 1. The number of fused-ring (bicyclic) bond motifs is 1. The predicted molar refractivity (Wildman–Crippen MR) is 99.9 cm³/mol. The van der Waals surface area contributed by atoms with E-state index in [2.05, 4.69) is 40.5 Å². The second-order valence-corrected chi connectivity index (χ2v) is 12.7. The molecule has 1 N–H and O–H groups in total. The maximum atomic E-state index is 7.09. The Kier molecular flexibility index (Phi) is 4.56. The van der Waals surface area contributed by atoms with Crippen LogP contribution in [0.4, 0.5) is 5.82 Å². The summed E-state index contributed by atoms with van der Waals surface area (Å²) in [6, 6.07) is 7.07. The van der Waals surface area contributed by atoms with Crippen molar-refractivity contribution < 1.29 is 4.74 Å². The van der Waals surface area contributed by atoms with Crippen LogP contribution in [-0.2, 0) is 11.5 Å². The zero-order valence-electron chi connectivity index (χ0n) is 14.3. The molecule has 3 aromatic rings. The average Bonchev–Trinajstić information content (AvgIpc) is 3.17. The highest BCUT2D eigenvalue weighted by atomic mass is 28.3. The Bertz CT molecular complexity index is 882. The van der Waals surface area contributed by atoms with E-state index in [4.69, 9.17) is 11.3 Å². The maximum Gasteiger partial charge on any atom is 0.228 e. The molecule has 124 valence electrons. The van der Waals surface area contributed by atoms with Gasteiger partial charge in [0.05, 0.1) is 6.20 Å². The molecule has 3 aromatic heterocycles. The van der Waals surface area contributed by atoms with Crippen LogP contribution in [0.15, 0.2) is 36.8 Å². The molecule has 0 saturated carbocycles. The Morgan fingerprint density at radius 2 is 2.17 bits per heavy atom. The van der Waals surface area contributed by atoms with Crippen LogP contribution in [0.5, 0.6) is 0 Å². The summed E-state index contributed by atoms with van der Waals surface area (Å²) in [4.78, 5) is 10.9. The number of hydrogen-bond acceptors (Lipinski definition) is 2. The van der Waals surface area contributed by atoms with E-state index in [0.29, 0.717) is 12.5 Å². The number of H-pyrrole nitrogens is 1. The van der Waals surface area contributed by atoms with Crippen molar-refractivity contribution in [2.45, 2.75) is 32.4 Å². The lowest BCUT2D eigenvalue weighted by molar-refractivity contribution is 0.0899. The van der Waals surface area contributed by atoms with Crippen LogP contribution in [0.25, 0.3) is 27.0 Å². The summed E-state index contributed by atoms with van der Waals surface area (Å²) in [5.41, 5.74) is 2.99. The minimum absolute atomic E-state index is 0.519. The van der Waals surface area contributed by atoms with E-state index in [9.17, 15) is 0 Å². The van der Waals surface area contributed by atoms with Crippen molar-refractivity contribution in [3.05, 3.63) is 48.2 Å². The van der Waals surface area contributed by atoms with Gasteiger partial charge in [-0.05, 0) is 29.8 Å². The van der Waals surface area contributed by atoms with Crippen LogP contribution in [0, 0.1) is 6.57 Å². The molecule has 0 aliphatic carbocycles. The number of pyridine rings is 1. The minimum Gasteiger partial charge on any atom is -0.364 e. The second-order valence-electron chi connectivity index (χ2n) is 7.11.